The van der Waals surface area contributed by atoms with Gasteiger partial charge in [-0.2, -0.15) is 0 Å². The SMILES string of the molecule is O=C1C=C(O)C2C=C(c3nc([C@H](Cc4ccccc4)NC(=O)CCc4cc(Cl)ccc4-n4cnnn4)[nH]c3Cl)C=CC2=N1. The third kappa shape index (κ3) is 6.32. The summed E-state index contributed by atoms with van der Waals surface area (Å²) in [6.07, 6.45) is 8.76. The molecule has 3 N–H and O–H groups in total. The number of aliphatic imine (C=N–C) groups is 1. The number of tetrazole rings is 1. The Labute approximate surface area is 255 Å². The van der Waals surface area contributed by atoms with Crippen LogP contribution in [0.25, 0.3) is 11.3 Å². The molecule has 2 aliphatic rings. The van der Waals surface area contributed by atoms with Gasteiger partial charge in [-0.1, -0.05) is 65.7 Å². The predicted octanol–water partition coefficient (Wildman–Crippen LogP) is 4.72. The van der Waals surface area contributed by atoms with Crippen LogP contribution in [0.15, 0.2) is 89.9 Å². The molecule has 2 atom stereocenters. The highest BCUT2D eigenvalue weighted by atomic mass is 35.5. The number of dihydropyridines is 1. The molecule has 0 bridgehead atoms. The first-order chi connectivity index (χ1) is 20.8. The number of aliphatic hydroxyl groups excluding tert-OH is 1. The van der Waals surface area contributed by atoms with Gasteiger partial charge in [0.1, 0.15) is 28.8 Å². The van der Waals surface area contributed by atoms with Gasteiger partial charge in [-0.25, -0.2) is 14.7 Å². The van der Waals surface area contributed by atoms with E-state index in [0.29, 0.717) is 40.7 Å². The van der Waals surface area contributed by atoms with Crippen molar-refractivity contribution in [3.05, 3.63) is 118 Å². The van der Waals surface area contributed by atoms with Crippen molar-refractivity contribution in [2.75, 3.05) is 0 Å². The fourth-order valence-electron chi connectivity index (χ4n) is 5.03. The number of fused-ring (bicyclic) bond motifs is 1. The molecule has 1 aliphatic heterocycles. The summed E-state index contributed by atoms with van der Waals surface area (Å²) in [5.41, 5.74) is 4.09. The molecule has 0 fully saturated rings. The number of nitrogens with zero attached hydrogens (tertiary/aromatic N) is 6. The molecule has 0 spiro atoms. The van der Waals surface area contributed by atoms with E-state index in [1.807, 2.05) is 30.3 Å². The molecule has 0 radical (unpaired) electrons. The zero-order chi connectivity index (χ0) is 29.9. The average Bonchev–Trinajstić information content (AvgIpc) is 3.66. The summed E-state index contributed by atoms with van der Waals surface area (Å²) in [5.74, 6) is -0.898. The summed E-state index contributed by atoms with van der Waals surface area (Å²) >= 11 is 12.9. The number of amides is 2. The minimum atomic E-state index is -0.571. The number of hydrogen-bond donors (Lipinski definition) is 3. The minimum Gasteiger partial charge on any atom is -0.511 e. The van der Waals surface area contributed by atoms with Crippen LogP contribution in [0.5, 0.6) is 0 Å². The normalized spacial score (nSPS) is 16.7. The van der Waals surface area contributed by atoms with Gasteiger partial charge in [-0.15, -0.1) is 5.10 Å². The fourth-order valence-corrected chi connectivity index (χ4v) is 5.48. The Morgan fingerprint density at radius 3 is 2.77 bits per heavy atom. The predicted molar refractivity (Wildman–Crippen MR) is 161 cm³/mol. The summed E-state index contributed by atoms with van der Waals surface area (Å²) in [7, 11) is 0. The molecule has 216 valence electrons. The van der Waals surface area contributed by atoms with Crippen molar-refractivity contribution in [1.82, 2.24) is 35.5 Å². The second kappa shape index (κ2) is 12.2. The van der Waals surface area contributed by atoms with Gasteiger partial charge in [0.05, 0.1) is 23.4 Å². The molecule has 4 aromatic rings. The van der Waals surface area contributed by atoms with E-state index in [9.17, 15) is 14.7 Å². The van der Waals surface area contributed by atoms with Gasteiger partial charge in [0.2, 0.25) is 5.91 Å². The first-order valence-corrected chi connectivity index (χ1v) is 14.1. The van der Waals surface area contributed by atoms with Crippen molar-refractivity contribution >= 4 is 46.3 Å². The minimum absolute atomic E-state index is 0.0964. The second-order valence-corrected chi connectivity index (χ2v) is 10.8. The van der Waals surface area contributed by atoms with Gasteiger partial charge < -0.3 is 15.4 Å². The second-order valence-electron chi connectivity index (χ2n) is 10.00. The number of aryl methyl sites for hydroxylation is 1. The van der Waals surface area contributed by atoms with Crippen LogP contribution in [-0.4, -0.2) is 52.8 Å². The van der Waals surface area contributed by atoms with E-state index in [1.165, 1.54) is 11.0 Å². The molecular weight excluding hydrogens is 591 g/mol. The first-order valence-electron chi connectivity index (χ1n) is 13.4. The molecule has 3 heterocycles. The van der Waals surface area contributed by atoms with E-state index in [1.54, 1.807) is 36.4 Å². The number of aromatic nitrogens is 6. The molecule has 0 saturated carbocycles. The van der Waals surface area contributed by atoms with Gasteiger partial charge in [-0.05, 0) is 58.7 Å². The number of aromatic amines is 1. The molecule has 2 aromatic carbocycles. The number of rotatable bonds is 9. The van der Waals surface area contributed by atoms with Gasteiger partial charge in [0, 0.05) is 23.1 Å². The van der Waals surface area contributed by atoms with Crippen LogP contribution >= 0.6 is 23.2 Å². The molecule has 0 saturated heterocycles. The van der Waals surface area contributed by atoms with Crippen LogP contribution in [0.2, 0.25) is 10.2 Å². The number of aliphatic hydroxyl groups is 1. The van der Waals surface area contributed by atoms with E-state index in [0.717, 1.165) is 22.9 Å². The van der Waals surface area contributed by atoms with Crippen molar-refractivity contribution < 1.29 is 14.7 Å². The van der Waals surface area contributed by atoms with Crippen LogP contribution in [0.3, 0.4) is 0 Å². The van der Waals surface area contributed by atoms with Crippen LogP contribution in [0.4, 0.5) is 0 Å². The maximum atomic E-state index is 13.3. The quantitative estimate of drug-likeness (QED) is 0.247. The van der Waals surface area contributed by atoms with Gasteiger partial charge in [0.25, 0.3) is 5.91 Å². The topological polar surface area (TPSA) is 151 Å². The summed E-state index contributed by atoms with van der Waals surface area (Å²) in [6.45, 7) is 0. The van der Waals surface area contributed by atoms with Crippen molar-refractivity contribution in [3.8, 4) is 5.69 Å². The number of carbonyl (C=O) groups excluding carboxylic acids is 2. The van der Waals surface area contributed by atoms with Crippen molar-refractivity contribution in [1.29, 1.82) is 0 Å². The first kappa shape index (κ1) is 28.3. The largest absolute Gasteiger partial charge is 0.511 e. The van der Waals surface area contributed by atoms with Gasteiger partial charge in [0.15, 0.2) is 0 Å². The highest BCUT2D eigenvalue weighted by Gasteiger charge is 2.28. The number of benzene rings is 2. The Morgan fingerprint density at radius 2 is 1.98 bits per heavy atom. The van der Waals surface area contributed by atoms with E-state index in [4.69, 9.17) is 28.2 Å². The van der Waals surface area contributed by atoms with Crippen molar-refractivity contribution in [2.45, 2.75) is 25.3 Å². The van der Waals surface area contributed by atoms with Gasteiger partial charge >= 0.3 is 0 Å². The van der Waals surface area contributed by atoms with E-state index in [2.05, 4.69) is 30.8 Å². The Morgan fingerprint density at radius 1 is 1.14 bits per heavy atom. The van der Waals surface area contributed by atoms with E-state index in [-0.39, 0.29) is 23.2 Å². The van der Waals surface area contributed by atoms with Crippen LogP contribution in [0.1, 0.15) is 35.1 Å². The van der Waals surface area contributed by atoms with E-state index >= 15 is 0 Å². The molecule has 1 unspecified atom stereocenters. The van der Waals surface area contributed by atoms with Crippen LogP contribution in [0, 0.1) is 5.92 Å². The van der Waals surface area contributed by atoms with Gasteiger partial charge in [-0.3, -0.25) is 9.59 Å². The molecule has 1 aliphatic carbocycles. The maximum Gasteiger partial charge on any atom is 0.273 e. The Kier molecular flexibility index (Phi) is 7.99. The number of carbonyl (C=O) groups is 2. The Hall–Kier alpha value is -4.87. The third-order valence-corrected chi connectivity index (χ3v) is 7.59. The smallest absolute Gasteiger partial charge is 0.273 e. The molecular formula is C30H24Cl2N8O3. The maximum absolute atomic E-state index is 13.3. The number of H-pyrrole nitrogens is 1. The molecule has 2 amide bonds. The Bertz CT molecular complexity index is 1810. The highest BCUT2D eigenvalue weighted by Crippen LogP contribution is 2.32. The number of halogens is 2. The number of allylic oxidation sites excluding steroid dienone is 4. The molecule has 6 rings (SSSR count). The summed E-state index contributed by atoms with van der Waals surface area (Å²) in [5, 5.41) is 25.6. The third-order valence-electron chi connectivity index (χ3n) is 7.09. The molecule has 43 heavy (non-hydrogen) atoms. The lowest BCUT2D eigenvalue weighted by Gasteiger charge is -2.20. The molecule has 13 heteroatoms. The molecule has 11 nitrogen and oxygen atoms in total. The standard InChI is InChI=1S/C30H24Cl2N8O3/c31-20-8-10-24(40-16-33-38-39-40)18(13-20)7-11-26(42)35-23(12-17-4-2-1-3-5-17)30-36-28(29(32)37-30)19-6-9-22-21(14-19)25(41)15-27(43)34-22/h1-6,8-10,13-16,21,23,41H,7,11-12H2,(H,35,42)(H,36,37)/t21?,23-/m0/s1. The number of hydrogen-bond acceptors (Lipinski definition) is 7. The summed E-state index contributed by atoms with van der Waals surface area (Å²) < 4.78 is 1.53. The summed E-state index contributed by atoms with van der Waals surface area (Å²) in [4.78, 5) is 36.9. The zero-order valence-electron chi connectivity index (χ0n) is 22.5. The van der Waals surface area contributed by atoms with Crippen LogP contribution < -0.4 is 5.32 Å². The van der Waals surface area contributed by atoms with Crippen molar-refractivity contribution in [2.24, 2.45) is 10.9 Å². The number of nitrogens with one attached hydrogen (secondary N) is 2. The highest BCUT2D eigenvalue weighted by molar-refractivity contribution is 6.31. The average molecular weight is 615 g/mol. The Balaban J connectivity index is 1.23. The summed E-state index contributed by atoms with van der Waals surface area (Å²) in [6, 6.07) is 14.6. The lowest BCUT2D eigenvalue weighted by Crippen LogP contribution is -2.31. The number of imidazole rings is 1. The van der Waals surface area contributed by atoms with E-state index < -0.39 is 17.9 Å². The zero-order valence-corrected chi connectivity index (χ0v) is 24.0. The van der Waals surface area contributed by atoms with Crippen molar-refractivity contribution in [3.63, 3.8) is 0 Å². The fraction of sp³-hybridized carbons (Fsp3) is 0.167. The lowest BCUT2D eigenvalue weighted by atomic mass is 9.89. The van der Waals surface area contributed by atoms with Crippen LogP contribution in [-0.2, 0) is 22.4 Å². The monoisotopic (exact) mass is 614 g/mol. The lowest BCUT2D eigenvalue weighted by molar-refractivity contribution is -0.121. The molecule has 2 aromatic heterocycles.